The minimum atomic E-state index is -0.620. The first-order valence-corrected chi connectivity index (χ1v) is 4.58. The molecule has 0 radical (unpaired) electrons. The lowest BCUT2D eigenvalue weighted by molar-refractivity contribution is 0.437. The van der Waals surface area contributed by atoms with E-state index in [0.717, 1.165) is 4.47 Å². The van der Waals surface area contributed by atoms with Crippen LogP contribution in [0.2, 0.25) is 5.02 Å². The SMILES string of the molecule is Cl.N[C@H](CF)c1ccc(Br)cc1Cl. The summed E-state index contributed by atoms with van der Waals surface area (Å²) < 4.78 is 13.0. The van der Waals surface area contributed by atoms with Crippen molar-refractivity contribution in [2.45, 2.75) is 6.04 Å². The summed E-state index contributed by atoms with van der Waals surface area (Å²) in [4.78, 5) is 0. The lowest BCUT2D eigenvalue weighted by atomic mass is 10.1. The van der Waals surface area contributed by atoms with Gasteiger partial charge in [0.1, 0.15) is 6.67 Å². The molecule has 1 rings (SSSR count). The van der Waals surface area contributed by atoms with E-state index in [1.807, 2.05) is 0 Å². The van der Waals surface area contributed by atoms with Gasteiger partial charge in [0.05, 0.1) is 6.04 Å². The Bertz CT molecular complexity index is 283. The van der Waals surface area contributed by atoms with E-state index in [1.54, 1.807) is 18.2 Å². The molecule has 0 heterocycles. The van der Waals surface area contributed by atoms with Crippen LogP contribution in [-0.4, -0.2) is 6.67 Å². The predicted molar refractivity (Wildman–Crippen MR) is 59.3 cm³/mol. The summed E-state index contributed by atoms with van der Waals surface area (Å²) in [5.41, 5.74) is 6.11. The van der Waals surface area contributed by atoms with Crippen molar-refractivity contribution in [3.05, 3.63) is 33.3 Å². The Balaban J connectivity index is 0.00000144. The van der Waals surface area contributed by atoms with Gasteiger partial charge < -0.3 is 5.73 Å². The Morgan fingerprint density at radius 3 is 2.62 bits per heavy atom. The Morgan fingerprint density at radius 1 is 1.54 bits per heavy atom. The van der Waals surface area contributed by atoms with E-state index in [9.17, 15) is 4.39 Å². The number of hydrogen-bond acceptors (Lipinski definition) is 1. The second-order valence-corrected chi connectivity index (χ2v) is 3.75. The van der Waals surface area contributed by atoms with Crippen molar-refractivity contribution in [1.82, 2.24) is 0 Å². The van der Waals surface area contributed by atoms with Crippen molar-refractivity contribution in [3.8, 4) is 0 Å². The van der Waals surface area contributed by atoms with Gasteiger partial charge in [0.2, 0.25) is 0 Å². The molecule has 0 aliphatic heterocycles. The fraction of sp³-hybridized carbons (Fsp3) is 0.250. The number of rotatable bonds is 2. The molecule has 2 N–H and O–H groups in total. The van der Waals surface area contributed by atoms with Crippen LogP contribution in [0.15, 0.2) is 22.7 Å². The maximum atomic E-state index is 12.2. The van der Waals surface area contributed by atoms with Gasteiger partial charge in [0.25, 0.3) is 0 Å². The van der Waals surface area contributed by atoms with Crippen LogP contribution < -0.4 is 5.73 Å². The Labute approximate surface area is 96.0 Å². The third-order valence-corrected chi connectivity index (χ3v) is 2.35. The minimum Gasteiger partial charge on any atom is -0.322 e. The highest BCUT2D eigenvalue weighted by Gasteiger charge is 2.09. The quantitative estimate of drug-likeness (QED) is 0.886. The maximum Gasteiger partial charge on any atom is 0.109 e. The van der Waals surface area contributed by atoms with Crippen molar-refractivity contribution in [2.24, 2.45) is 5.73 Å². The van der Waals surface area contributed by atoms with E-state index in [-0.39, 0.29) is 12.4 Å². The van der Waals surface area contributed by atoms with Crippen LogP contribution in [0.3, 0.4) is 0 Å². The van der Waals surface area contributed by atoms with Gasteiger partial charge in [0, 0.05) is 9.50 Å². The molecule has 1 aromatic rings. The summed E-state index contributed by atoms with van der Waals surface area (Å²) in [6.45, 7) is -0.596. The molecule has 0 saturated heterocycles. The Hall–Kier alpha value is 0.170. The highest BCUT2D eigenvalue weighted by atomic mass is 79.9. The monoisotopic (exact) mass is 287 g/mol. The molecule has 5 heteroatoms. The van der Waals surface area contributed by atoms with Gasteiger partial charge in [-0.25, -0.2) is 4.39 Å². The number of hydrogen-bond donors (Lipinski definition) is 1. The first-order chi connectivity index (χ1) is 5.65. The molecule has 74 valence electrons. The van der Waals surface area contributed by atoms with Crippen LogP contribution >= 0.6 is 39.9 Å². The third kappa shape index (κ3) is 3.43. The van der Waals surface area contributed by atoms with Gasteiger partial charge in [-0.1, -0.05) is 33.6 Å². The third-order valence-electron chi connectivity index (χ3n) is 1.53. The van der Waals surface area contributed by atoms with Crippen molar-refractivity contribution in [3.63, 3.8) is 0 Å². The molecule has 0 unspecified atom stereocenters. The smallest absolute Gasteiger partial charge is 0.109 e. The fourth-order valence-electron chi connectivity index (χ4n) is 0.885. The molecule has 0 aromatic heterocycles. The molecule has 1 nitrogen and oxygen atoms in total. The van der Waals surface area contributed by atoms with Gasteiger partial charge in [0.15, 0.2) is 0 Å². The Morgan fingerprint density at radius 2 is 2.15 bits per heavy atom. The van der Waals surface area contributed by atoms with Gasteiger partial charge in [-0.15, -0.1) is 12.4 Å². The molecule has 0 bridgehead atoms. The van der Waals surface area contributed by atoms with Crippen molar-refractivity contribution >= 4 is 39.9 Å². The molecule has 0 aliphatic carbocycles. The lowest BCUT2D eigenvalue weighted by Crippen LogP contribution is -2.12. The number of halogens is 4. The van der Waals surface area contributed by atoms with E-state index >= 15 is 0 Å². The zero-order chi connectivity index (χ0) is 9.14. The summed E-state index contributed by atoms with van der Waals surface area (Å²) in [5.74, 6) is 0. The molecule has 0 aliphatic rings. The van der Waals surface area contributed by atoms with Crippen molar-refractivity contribution in [2.75, 3.05) is 6.67 Å². The van der Waals surface area contributed by atoms with Crippen LogP contribution in [0.1, 0.15) is 11.6 Å². The molecule has 13 heavy (non-hydrogen) atoms. The zero-order valence-corrected chi connectivity index (χ0v) is 9.79. The van der Waals surface area contributed by atoms with E-state index in [2.05, 4.69) is 15.9 Å². The van der Waals surface area contributed by atoms with Crippen LogP contribution in [0.4, 0.5) is 4.39 Å². The lowest BCUT2D eigenvalue weighted by Gasteiger charge is -2.09. The van der Waals surface area contributed by atoms with Crippen LogP contribution in [0.5, 0.6) is 0 Å². The van der Waals surface area contributed by atoms with Gasteiger partial charge in [-0.3, -0.25) is 0 Å². The maximum absolute atomic E-state index is 12.2. The van der Waals surface area contributed by atoms with E-state index < -0.39 is 12.7 Å². The zero-order valence-electron chi connectivity index (χ0n) is 6.64. The summed E-state index contributed by atoms with van der Waals surface area (Å²) >= 11 is 9.07. The molecule has 0 saturated carbocycles. The molecule has 1 aromatic carbocycles. The highest BCUT2D eigenvalue weighted by Crippen LogP contribution is 2.25. The summed E-state index contributed by atoms with van der Waals surface area (Å²) in [5, 5.41) is 0.495. The topological polar surface area (TPSA) is 26.0 Å². The van der Waals surface area contributed by atoms with Crippen LogP contribution in [0.25, 0.3) is 0 Å². The summed E-state index contributed by atoms with van der Waals surface area (Å²) in [6.07, 6.45) is 0. The number of nitrogens with two attached hydrogens (primary N) is 1. The van der Waals surface area contributed by atoms with E-state index in [1.165, 1.54) is 0 Å². The Kier molecular flexibility index (Phi) is 5.88. The average Bonchev–Trinajstić information content (AvgIpc) is 2.03. The highest BCUT2D eigenvalue weighted by molar-refractivity contribution is 9.10. The number of benzene rings is 1. The predicted octanol–water partition coefficient (Wildman–Crippen LogP) is 3.49. The van der Waals surface area contributed by atoms with E-state index in [4.69, 9.17) is 17.3 Å². The molecular formula is C8H9BrCl2FN. The van der Waals surface area contributed by atoms with Crippen LogP contribution in [-0.2, 0) is 0 Å². The van der Waals surface area contributed by atoms with Gasteiger partial charge >= 0.3 is 0 Å². The molecule has 0 amide bonds. The van der Waals surface area contributed by atoms with Gasteiger partial charge in [-0.05, 0) is 17.7 Å². The summed E-state index contributed by atoms with van der Waals surface area (Å²) in [7, 11) is 0. The molecule has 0 fully saturated rings. The summed E-state index contributed by atoms with van der Waals surface area (Å²) in [6, 6.07) is 4.59. The molecular weight excluding hydrogens is 280 g/mol. The first-order valence-electron chi connectivity index (χ1n) is 3.41. The van der Waals surface area contributed by atoms with E-state index in [0.29, 0.717) is 10.6 Å². The van der Waals surface area contributed by atoms with Crippen LogP contribution in [0, 0.1) is 0 Å². The van der Waals surface area contributed by atoms with Crippen molar-refractivity contribution < 1.29 is 4.39 Å². The standard InChI is InChI=1S/C8H8BrClFN.ClH/c9-5-1-2-6(7(10)3-5)8(12)4-11;/h1-3,8H,4,12H2;1H/t8-;/m1./s1. The first kappa shape index (κ1) is 13.2. The minimum absolute atomic E-state index is 0. The second-order valence-electron chi connectivity index (χ2n) is 2.43. The number of alkyl halides is 1. The molecule has 1 atom stereocenters. The van der Waals surface area contributed by atoms with Crippen molar-refractivity contribution in [1.29, 1.82) is 0 Å². The average molecular weight is 289 g/mol. The second kappa shape index (κ2) is 5.81. The van der Waals surface area contributed by atoms with Gasteiger partial charge in [-0.2, -0.15) is 0 Å². The molecule has 0 spiro atoms. The normalized spacial score (nSPS) is 12.0. The largest absolute Gasteiger partial charge is 0.322 e. The fourth-order valence-corrected chi connectivity index (χ4v) is 1.70.